The van der Waals surface area contributed by atoms with Crippen molar-refractivity contribution in [2.45, 2.75) is 52.2 Å². The van der Waals surface area contributed by atoms with Crippen LogP contribution in [0.2, 0.25) is 0 Å². The summed E-state index contributed by atoms with van der Waals surface area (Å²) in [6.45, 7) is 10.1. The molecule has 0 aromatic heterocycles. The summed E-state index contributed by atoms with van der Waals surface area (Å²) in [6, 6.07) is 10.1. The minimum atomic E-state index is -0.371. The van der Waals surface area contributed by atoms with E-state index in [9.17, 15) is 4.79 Å². The molecule has 2 atom stereocenters. The van der Waals surface area contributed by atoms with Crippen LogP contribution in [-0.4, -0.2) is 54.5 Å². The first-order valence-corrected chi connectivity index (χ1v) is 10.3. The van der Waals surface area contributed by atoms with Crippen molar-refractivity contribution in [3.63, 3.8) is 0 Å². The number of nitrogens with zero attached hydrogens (tertiary/aromatic N) is 2. The molecule has 0 aliphatic carbocycles. The van der Waals surface area contributed by atoms with Crippen molar-refractivity contribution in [2.24, 2.45) is 11.8 Å². The molecule has 0 unspecified atom stereocenters. The van der Waals surface area contributed by atoms with Crippen molar-refractivity contribution in [3.05, 3.63) is 35.9 Å². The quantitative estimate of drug-likeness (QED) is 0.779. The number of benzene rings is 1. The van der Waals surface area contributed by atoms with Crippen LogP contribution in [-0.2, 0) is 16.1 Å². The predicted octanol–water partition coefficient (Wildman–Crippen LogP) is 3.56. The van der Waals surface area contributed by atoms with E-state index in [1.54, 1.807) is 0 Å². The first-order chi connectivity index (χ1) is 12.6. The van der Waals surface area contributed by atoms with Gasteiger partial charge in [0.25, 0.3) is 5.91 Å². The highest BCUT2D eigenvalue weighted by molar-refractivity contribution is 5.80. The highest BCUT2D eigenvalue weighted by Crippen LogP contribution is 2.22. The Balaban J connectivity index is 1.44. The van der Waals surface area contributed by atoms with Gasteiger partial charge in [-0.25, -0.2) is 0 Å². The van der Waals surface area contributed by atoms with Crippen LogP contribution in [0.1, 0.15) is 45.1 Å². The Kier molecular flexibility index (Phi) is 7.09. The zero-order chi connectivity index (χ0) is 18.4. The summed E-state index contributed by atoms with van der Waals surface area (Å²) in [4.78, 5) is 17.4. The van der Waals surface area contributed by atoms with Crippen LogP contribution in [0.5, 0.6) is 0 Å². The molecule has 2 aliphatic rings. The molecule has 2 aliphatic heterocycles. The van der Waals surface area contributed by atoms with Crippen molar-refractivity contribution in [1.29, 1.82) is 0 Å². The molecule has 0 radical (unpaired) electrons. The zero-order valence-corrected chi connectivity index (χ0v) is 16.4. The fourth-order valence-corrected chi connectivity index (χ4v) is 4.15. The van der Waals surface area contributed by atoms with Crippen LogP contribution in [0.3, 0.4) is 0 Å². The van der Waals surface area contributed by atoms with E-state index in [4.69, 9.17) is 4.74 Å². The third-order valence-corrected chi connectivity index (χ3v) is 5.91. The molecule has 3 rings (SSSR count). The maximum Gasteiger partial charge on any atom is 0.251 e. The molecule has 1 aromatic rings. The average Bonchev–Trinajstić information content (AvgIpc) is 2.68. The highest BCUT2D eigenvalue weighted by atomic mass is 16.5. The number of rotatable bonds is 6. The minimum Gasteiger partial charge on any atom is -0.364 e. The van der Waals surface area contributed by atoms with Gasteiger partial charge >= 0.3 is 0 Å². The van der Waals surface area contributed by atoms with Crippen LogP contribution in [0.25, 0.3) is 0 Å². The summed E-state index contributed by atoms with van der Waals surface area (Å²) in [6.07, 6.45) is 4.63. The SMILES string of the molecule is CC1CCN(C[C@@H]2CCCN(C(=O)[C@@H](C)OCc3ccccc3)C2)CC1. The lowest BCUT2D eigenvalue weighted by atomic mass is 9.94. The van der Waals surface area contributed by atoms with E-state index in [0.717, 1.165) is 37.5 Å². The van der Waals surface area contributed by atoms with Gasteiger partial charge < -0.3 is 14.5 Å². The van der Waals surface area contributed by atoms with E-state index in [2.05, 4.69) is 11.8 Å². The van der Waals surface area contributed by atoms with Crippen molar-refractivity contribution in [3.8, 4) is 0 Å². The minimum absolute atomic E-state index is 0.151. The first-order valence-electron chi connectivity index (χ1n) is 10.3. The van der Waals surface area contributed by atoms with Gasteiger partial charge in [-0.05, 0) is 63.1 Å². The Morgan fingerprint density at radius 1 is 1.15 bits per heavy atom. The normalized spacial score (nSPS) is 23.8. The van der Waals surface area contributed by atoms with Crippen LogP contribution >= 0.6 is 0 Å². The number of ether oxygens (including phenoxy) is 1. The van der Waals surface area contributed by atoms with Gasteiger partial charge in [-0.2, -0.15) is 0 Å². The Morgan fingerprint density at radius 2 is 1.88 bits per heavy atom. The second-order valence-electron chi connectivity index (χ2n) is 8.21. The summed E-state index contributed by atoms with van der Waals surface area (Å²) in [7, 11) is 0. The second kappa shape index (κ2) is 9.52. The maximum absolute atomic E-state index is 12.8. The van der Waals surface area contributed by atoms with Gasteiger partial charge in [0.05, 0.1) is 6.61 Å². The summed E-state index contributed by atoms with van der Waals surface area (Å²) in [5.41, 5.74) is 1.11. The standard InChI is InChI=1S/C22H34N2O2/c1-18-10-13-23(14-11-18)15-21-9-6-12-24(16-21)22(25)19(2)26-17-20-7-4-3-5-8-20/h3-5,7-8,18-19,21H,6,9-17H2,1-2H3/t19-,21+/m1/s1. The van der Waals surface area contributed by atoms with Gasteiger partial charge in [0, 0.05) is 19.6 Å². The molecule has 1 aromatic carbocycles. The van der Waals surface area contributed by atoms with Crippen molar-refractivity contribution < 1.29 is 9.53 Å². The fraction of sp³-hybridized carbons (Fsp3) is 0.682. The summed E-state index contributed by atoms with van der Waals surface area (Å²) >= 11 is 0. The van der Waals surface area contributed by atoms with E-state index in [1.165, 1.54) is 32.4 Å². The number of piperidine rings is 2. The zero-order valence-electron chi connectivity index (χ0n) is 16.4. The number of amides is 1. The van der Waals surface area contributed by atoms with Crippen LogP contribution in [0.15, 0.2) is 30.3 Å². The van der Waals surface area contributed by atoms with E-state index in [-0.39, 0.29) is 12.0 Å². The molecule has 2 saturated heterocycles. The molecular weight excluding hydrogens is 324 g/mol. The molecule has 4 nitrogen and oxygen atoms in total. The lowest BCUT2D eigenvalue weighted by Gasteiger charge is -2.38. The topological polar surface area (TPSA) is 32.8 Å². The predicted molar refractivity (Wildman–Crippen MR) is 105 cm³/mol. The maximum atomic E-state index is 12.8. The van der Waals surface area contributed by atoms with Gasteiger partial charge in [0.15, 0.2) is 0 Å². The Morgan fingerprint density at radius 3 is 2.62 bits per heavy atom. The molecule has 0 bridgehead atoms. The first kappa shape index (κ1) is 19.4. The van der Waals surface area contributed by atoms with E-state index >= 15 is 0 Å². The molecule has 0 spiro atoms. The smallest absolute Gasteiger partial charge is 0.251 e. The number of likely N-dealkylation sites (tertiary alicyclic amines) is 2. The van der Waals surface area contributed by atoms with Gasteiger partial charge in [0.1, 0.15) is 6.10 Å². The van der Waals surface area contributed by atoms with Gasteiger partial charge in [-0.1, -0.05) is 37.3 Å². The van der Waals surface area contributed by atoms with E-state index in [0.29, 0.717) is 12.5 Å². The lowest BCUT2D eigenvalue weighted by molar-refractivity contribution is -0.145. The average molecular weight is 359 g/mol. The number of hydrogen-bond acceptors (Lipinski definition) is 3. The van der Waals surface area contributed by atoms with Gasteiger partial charge in [-0.3, -0.25) is 4.79 Å². The lowest BCUT2D eigenvalue weighted by Crippen LogP contribution is -2.48. The largest absolute Gasteiger partial charge is 0.364 e. The number of hydrogen-bond donors (Lipinski definition) is 0. The summed E-state index contributed by atoms with van der Waals surface area (Å²) in [5, 5.41) is 0. The fourth-order valence-electron chi connectivity index (χ4n) is 4.15. The van der Waals surface area contributed by atoms with Crippen molar-refractivity contribution in [1.82, 2.24) is 9.80 Å². The van der Waals surface area contributed by atoms with Crippen molar-refractivity contribution in [2.75, 3.05) is 32.7 Å². The van der Waals surface area contributed by atoms with Crippen LogP contribution in [0.4, 0.5) is 0 Å². The van der Waals surface area contributed by atoms with E-state index < -0.39 is 0 Å². The molecule has 4 heteroatoms. The molecule has 0 N–H and O–H groups in total. The molecule has 144 valence electrons. The van der Waals surface area contributed by atoms with Crippen LogP contribution in [0, 0.1) is 11.8 Å². The van der Waals surface area contributed by atoms with Gasteiger partial charge in [-0.15, -0.1) is 0 Å². The van der Waals surface area contributed by atoms with Crippen molar-refractivity contribution >= 4 is 5.91 Å². The Bertz CT molecular complexity index is 555. The molecular formula is C22H34N2O2. The van der Waals surface area contributed by atoms with Gasteiger partial charge in [0.2, 0.25) is 0 Å². The molecule has 2 heterocycles. The third kappa shape index (κ3) is 5.55. The monoisotopic (exact) mass is 358 g/mol. The number of carbonyl (C=O) groups is 1. The second-order valence-corrected chi connectivity index (χ2v) is 8.21. The summed E-state index contributed by atoms with van der Waals surface area (Å²) in [5.74, 6) is 1.64. The molecule has 26 heavy (non-hydrogen) atoms. The Labute approximate surface area is 158 Å². The third-order valence-electron chi connectivity index (χ3n) is 5.91. The Hall–Kier alpha value is -1.39. The molecule has 2 fully saturated rings. The highest BCUT2D eigenvalue weighted by Gasteiger charge is 2.29. The molecule has 1 amide bonds. The molecule has 0 saturated carbocycles. The van der Waals surface area contributed by atoms with E-state index in [1.807, 2.05) is 42.2 Å². The van der Waals surface area contributed by atoms with Crippen LogP contribution < -0.4 is 0 Å². The summed E-state index contributed by atoms with van der Waals surface area (Å²) < 4.78 is 5.84. The number of carbonyl (C=O) groups excluding carboxylic acids is 1.